The zero-order chi connectivity index (χ0) is 22.5. The fourth-order valence-electron chi connectivity index (χ4n) is 2.38. The van der Waals surface area contributed by atoms with Crippen molar-refractivity contribution in [3.8, 4) is 0 Å². The highest BCUT2D eigenvalue weighted by Crippen LogP contribution is 2.38. The molecule has 1 N–H and O–H groups in total. The lowest BCUT2D eigenvalue weighted by Crippen LogP contribution is -2.51. The van der Waals surface area contributed by atoms with Crippen LogP contribution in [0.4, 0.5) is 17.1 Å². The maximum Gasteiger partial charge on any atom is 0.304 e. The number of rotatable bonds is 7. The normalized spacial score (nSPS) is 13.5. The molecular weight excluding hydrogens is 412 g/mol. The van der Waals surface area contributed by atoms with Crippen LogP contribution in [0.2, 0.25) is 5.02 Å². The number of nitro benzene ring substituents is 1. The van der Waals surface area contributed by atoms with Crippen LogP contribution in [0.5, 0.6) is 0 Å². The smallest absolute Gasteiger partial charge is 0.304 e. The van der Waals surface area contributed by atoms with Gasteiger partial charge in [-0.1, -0.05) is 11.6 Å². The summed E-state index contributed by atoms with van der Waals surface area (Å²) in [7, 11) is 0. The van der Waals surface area contributed by atoms with Crippen molar-refractivity contribution in [1.29, 1.82) is 0 Å². The highest BCUT2D eigenvalue weighted by atomic mass is 35.5. The lowest BCUT2D eigenvalue weighted by atomic mass is 9.81. The summed E-state index contributed by atoms with van der Waals surface area (Å²) in [5, 5.41) is 22.2. The Morgan fingerprint density at radius 2 is 1.63 bits per heavy atom. The molecule has 0 bridgehead atoms. The van der Waals surface area contributed by atoms with Crippen LogP contribution in [0.15, 0.2) is 58.8 Å². The molecule has 0 saturated heterocycles. The number of anilines is 1. The number of benzene rings is 2. The van der Waals surface area contributed by atoms with Gasteiger partial charge in [0, 0.05) is 29.8 Å². The minimum atomic E-state index is -1.66. The Morgan fingerprint density at radius 3 is 2.13 bits per heavy atom. The van der Waals surface area contributed by atoms with E-state index in [2.05, 4.69) is 15.5 Å². The van der Waals surface area contributed by atoms with Gasteiger partial charge in [0.05, 0.1) is 10.6 Å². The summed E-state index contributed by atoms with van der Waals surface area (Å²) in [6.07, 6.45) is 0. The molecule has 0 aliphatic rings. The second kappa shape index (κ2) is 9.00. The van der Waals surface area contributed by atoms with Gasteiger partial charge in [-0.05, 0) is 57.2 Å². The predicted molar refractivity (Wildman–Crippen MR) is 112 cm³/mol. The molecule has 0 aromatic heterocycles. The first-order valence-electron chi connectivity index (χ1n) is 8.88. The number of azo groups is 1. The maximum absolute atomic E-state index is 13.0. The molecule has 10 heteroatoms. The van der Waals surface area contributed by atoms with Crippen LogP contribution in [0.3, 0.4) is 0 Å². The number of nitro groups is 1. The molecule has 0 aliphatic carbocycles. The Kier molecular flexibility index (Phi) is 6.88. The number of carbonyl (C=O) groups excluding carboxylic acids is 2. The van der Waals surface area contributed by atoms with Crippen molar-refractivity contribution in [3.63, 3.8) is 0 Å². The van der Waals surface area contributed by atoms with E-state index < -0.39 is 27.9 Å². The highest BCUT2D eigenvalue weighted by molar-refractivity contribution is 6.30. The van der Waals surface area contributed by atoms with Crippen LogP contribution in [0.25, 0.3) is 0 Å². The number of non-ortho nitro benzene ring substituents is 1. The molecule has 0 spiro atoms. The largest absolute Gasteiger partial charge is 0.435 e. The summed E-state index contributed by atoms with van der Waals surface area (Å²) < 4.78 is 5.37. The molecule has 0 radical (unpaired) electrons. The van der Waals surface area contributed by atoms with E-state index in [9.17, 15) is 19.7 Å². The molecule has 1 unspecified atom stereocenters. The van der Waals surface area contributed by atoms with Gasteiger partial charge in [0.2, 0.25) is 11.6 Å². The molecule has 0 saturated carbocycles. The van der Waals surface area contributed by atoms with Gasteiger partial charge < -0.3 is 10.1 Å². The van der Waals surface area contributed by atoms with Gasteiger partial charge in [0.15, 0.2) is 0 Å². The predicted octanol–water partition coefficient (Wildman–Crippen LogP) is 5.28. The molecule has 2 rings (SSSR count). The van der Waals surface area contributed by atoms with Crippen LogP contribution >= 0.6 is 11.6 Å². The van der Waals surface area contributed by atoms with E-state index in [0.717, 1.165) is 0 Å². The van der Waals surface area contributed by atoms with Crippen LogP contribution in [-0.4, -0.2) is 22.5 Å². The van der Waals surface area contributed by atoms with Crippen molar-refractivity contribution >= 4 is 40.5 Å². The van der Waals surface area contributed by atoms with Crippen LogP contribution in [0.1, 0.15) is 27.7 Å². The third-order valence-corrected chi connectivity index (χ3v) is 4.84. The standard InChI is InChI=1S/C20H21ClN4O5/c1-13(26)30-20(4,24-23-16-9-11-17(12-10-16)25(28)29)19(2,3)18(27)22-15-7-5-14(21)6-8-15/h5-12H,1-4H3,(H,22,27). The molecule has 30 heavy (non-hydrogen) atoms. The van der Waals surface area contributed by atoms with E-state index in [1.54, 1.807) is 38.1 Å². The Hall–Kier alpha value is -3.33. The minimum Gasteiger partial charge on any atom is -0.435 e. The quantitative estimate of drug-likeness (QED) is 0.276. The number of nitrogens with zero attached hydrogens (tertiary/aromatic N) is 3. The lowest BCUT2D eigenvalue weighted by Gasteiger charge is -2.37. The van der Waals surface area contributed by atoms with Crippen LogP contribution < -0.4 is 5.32 Å². The van der Waals surface area contributed by atoms with Gasteiger partial charge >= 0.3 is 5.97 Å². The van der Waals surface area contributed by atoms with Gasteiger partial charge in [-0.25, -0.2) is 0 Å². The van der Waals surface area contributed by atoms with E-state index in [4.69, 9.17) is 16.3 Å². The number of halogens is 1. The minimum absolute atomic E-state index is 0.0978. The highest BCUT2D eigenvalue weighted by Gasteiger charge is 2.50. The monoisotopic (exact) mass is 432 g/mol. The van der Waals surface area contributed by atoms with E-state index in [-0.39, 0.29) is 5.69 Å². The summed E-state index contributed by atoms with van der Waals surface area (Å²) in [5.41, 5.74) is -2.28. The van der Waals surface area contributed by atoms with Crippen molar-refractivity contribution in [2.75, 3.05) is 5.32 Å². The van der Waals surface area contributed by atoms with Crippen molar-refractivity contribution in [2.24, 2.45) is 15.6 Å². The van der Waals surface area contributed by atoms with Gasteiger partial charge in [-0.2, -0.15) is 5.11 Å². The molecule has 1 atom stereocenters. The molecule has 9 nitrogen and oxygen atoms in total. The van der Waals surface area contributed by atoms with Gasteiger partial charge in [-0.15, -0.1) is 5.11 Å². The molecule has 1 amide bonds. The topological polar surface area (TPSA) is 123 Å². The summed E-state index contributed by atoms with van der Waals surface area (Å²) in [5.74, 6) is -1.11. The summed E-state index contributed by atoms with van der Waals surface area (Å²) in [4.78, 5) is 34.9. The van der Waals surface area contributed by atoms with Gasteiger partial charge in [0.1, 0.15) is 5.41 Å². The van der Waals surface area contributed by atoms with Crippen LogP contribution in [-0.2, 0) is 14.3 Å². The average molecular weight is 433 g/mol. The summed E-state index contributed by atoms with van der Waals surface area (Å²) in [6.45, 7) is 5.80. The van der Waals surface area contributed by atoms with E-state index >= 15 is 0 Å². The zero-order valence-corrected chi connectivity index (χ0v) is 17.6. The summed E-state index contributed by atoms with van der Waals surface area (Å²) in [6, 6.07) is 11.9. The van der Waals surface area contributed by atoms with Crippen LogP contribution in [0, 0.1) is 15.5 Å². The Labute approximate surface area is 178 Å². The van der Waals surface area contributed by atoms with Gasteiger partial charge in [-0.3, -0.25) is 19.7 Å². The third-order valence-electron chi connectivity index (χ3n) is 4.59. The average Bonchev–Trinajstić information content (AvgIpc) is 2.67. The lowest BCUT2D eigenvalue weighted by molar-refractivity contribution is -0.384. The molecule has 0 heterocycles. The number of esters is 1. The number of hydrogen-bond acceptors (Lipinski definition) is 7. The Morgan fingerprint density at radius 1 is 1.07 bits per heavy atom. The fourth-order valence-corrected chi connectivity index (χ4v) is 2.50. The maximum atomic E-state index is 13.0. The number of amides is 1. The first-order valence-corrected chi connectivity index (χ1v) is 9.26. The van der Waals surface area contributed by atoms with Gasteiger partial charge in [0.25, 0.3) is 5.69 Å². The number of hydrogen-bond donors (Lipinski definition) is 1. The van der Waals surface area contributed by atoms with E-state index in [0.29, 0.717) is 16.4 Å². The number of ether oxygens (including phenoxy) is 1. The molecule has 2 aromatic carbocycles. The Balaban J connectivity index is 2.31. The molecule has 0 aliphatic heterocycles. The van der Waals surface area contributed by atoms with Crippen molar-refractivity contribution in [3.05, 3.63) is 63.7 Å². The van der Waals surface area contributed by atoms with Crippen molar-refractivity contribution in [2.45, 2.75) is 33.4 Å². The first-order chi connectivity index (χ1) is 13.9. The zero-order valence-electron chi connectivity index (χ0n) is 16.9. The summed E-state index contributed by atoms with van der Waals surface area (Å²) >= 11 is 5.86. The second-order valence-corrected chi connectivity index (χ2v) is 7.57. The first kappa shape index (κ1) is 23.0. The number of carbonyl (C=O) groups is 2. The Bertz CT molecular complexity index is 974. The van der Waals surface area contributed by atoms with Crippen molar-refractivity contribution < 1.29 is 19.2 Å². The van der Waals surface area contributed by atoms with Crippen molar-refractivity contribution in [1.82, 2.24) is 0 Å². The number of nitrogens with one attached hydrogen (secondary N) is 1. The third kappa shape index (κ3) is 5.38. The SMILES string of the molecule is CC(=O)OC(C)(N=Nc1ccc([N+](=O)[O-])cc1)C(C)(C)C(=O)Nc1ccc(Cl)cc1. The second-order valence-electron chi connectivity index (χ2n) is 7.14. The molecular formula is C20H21ClN4O5. The molecule has 2 aromatic rings. The fraction of sp³-hybridized carbons (Fsp3) is 0.300. The molecule has 0 fully saturated rings. The van der Waals surface area contributed by atoms with E-state index in [1.807, 2.05) is 0 Å². The van der Waals surface area contributed by atoms with E-state index in [1.165, 1.54) is 38.1 Å². The molecule has 158 valence electrons.